The average Bonchev–Trinajstić information content (AvgIpc) is 3.39. The molecule has 0 N–H and O–H groups in total. The van der Waals surface area contributed by atoms with Crippen molar-refractivity contribution in [3.05, 3.63) is 60.7 Å². The van der Waals surface area contributed by atoms with Crippen LogP contribution in [-0.2, 0) is 0 Å². The number of methoxy groups -OCH3 is 3. The molecule has 0 bridgehead atoms. The molecular weight excluding hydrogens is 436 g/mol. The van der Waals surface area contributed by atoms with Crippen LogP contribution in [-0.4, -0.2) is 37.3 Å². The quantitative estimate of drug-likeness (QED) is 0.285. The summed E-state index contributed by atoms with van der Waals surface area (Å²) in [5.74, 6) is 2.60. The van der Waals surface area contributed by atoms with Crippen molar-refractivity contribution in [3.63, 3.8) is 0 Å². The van der Waals surface area contributed by atoms with Gasteiger partial charge in [0.25, 0.3) is 0 Å². The van der Waals surface area contributed by atoms with Crippen LogP contribution in [0.25, 0.3) is 37.7 Å². The highest BCUT2D eigenvalue weighted by Gasteiger charge is 2.23. The number of hydrogen-bond acceptors (Lipinski definition) is 6. The highest BCUT2D eigenvalue weighted by atomic mass is 32.1. The van der Waals surface area contributed by atoms with Crippen LogP contribution in [0.4, 0.5) is 0 Å². The number of imidazole rings is 1. The molecule has 2 heterocycles. The predicted molar refractivity (Wildman–Crippen MR) is 132 cm³/mol. The summed E-state index contributed by atoms with van der Waals surface area (Å²) in [6, 6.07) is 20.3. The molecule has 168 valence electrons. The van der Waals surface area contributed by atoms with E-state index in [9.17, 15) is 0 Å². The molecule has 6 nitrogen and oxygen atoms in total. The van der Waals surface area contributed by atoms with Gasteiger partial charge in [0.1, 0.15) is 5.75 Å². The molecule has 33 heavy (non-hydrogen) atoms. The molecule has 3 aromatic carbocycles. The van der Waals surface area contributed by atoms with Gasteiger partial charge in [-0.1, -0.05) is 41.7 Å². The van der Waals surface area contributed by atoms with E-state index in [1.165, 1.54) is 0 Å². The lowest BCUT2D eigenvalue weighted by molar-refractivity contribution is 0.324. The molecule has 0 saturated carbocycles. The van der Waals surface area contributed by atoms with Gasteiger partial charge in [-0.2, -0.15) is 0 Å². The third-order valence-electron chi connectivity index (χ3n) is 5.52. The Bertz CT molecular complexity index is 1410. The first kappa shape index (κ1) is 21.2. The minimum absolute atomic E-state index is 0.558. The van der Waals surface area contributed by atoms with Gasteiger partial charge in [0.2, 0.25) is 5.75 Å². The fourth-order valence-corrected chi connectivity index (χ4v) is 5.14. The molecule has 0 unspecified atom stereocenters. The number of benzene rings is 3. The van der Waals surface area contributed by atoms with Crippen LogP contribution in [0.5, 0.6) is 23.0 Å². The van der Waals surface area contributed by atoms with Gasteiger partial charge in [0.15, 0.2) is 16.5 Å². The van der Waals surface area contributed by atoms with Crippen molar-refractivity contribution in [2.24, 2.45) is 0 Å². The molecule has 0 aliphatic heterocycles. The standard InChI is InChI=1S/C26H24N2O4S/c1-5-32-18-11-12-19-22(15-18)33-26-27-23(16-9-7-6-8-10-16)24(28(19)26)17-13-20(29-2)25(31-4)21(14-17)30-3/h6-15H,5H2,1-4H3. The summed E-state index contributed by atoms with van der Waals surface area (Å²) in [6.45, 7) is 2.61. The van der Waals surface area contributed by atoms with Crippen molar-refractivity contribution in [2.75, 3.05) is 27.9 Å². The van der Waals surface area contributed by atoms with E-state index in [1.807, 2.05) is 43.3 Å². The van der Waals surface area contributed by atoms with Crippen LogP contribution in [0, 0.1) is 0 Å². The van der Waals surface area contributed by atoms with Crippen LogP contribution in [0.3, 0.4) is 0 Å². The average molecular weight is 461 g/mol. The molecule has 0 aliphatic rings. The maximum Gasteiger partial charge on any atom is 0.203 e. The van der Waals surface area contributed by atoms with Crippen molar-refractivity contribution in [2.45, 2.75) is 6.92 Å². The lowest BCUT2D eigenvalue weighted by Gasteiger charge is -2.15. The number of thiazole rings is 1. The summed E-state index contributed by atoms with van der Waals surface area (Å²) >= 11 is 1.64. The van der Waals surface area contributed by atoms with E-state index < -0.39 is 0 Å². The molecular formula is C26H24N2O4S. The third-order valence-corrected chi connectivity index (χ3v) is 6.52. The van der Waals surface area contributed by atoms with Gasteiger partial charge in [-0.25, -0.2) is 4.98 Å². The Morgan fingerprint density at radius 3 is 2.21 bits per heavy atom. The van der Waals surface area contributed by atoms with Crippen LogP contribution in [0.15, 0.2) is 60.7 Å². The smallest absolute Gasteiger partial charge is 0.203 e. The van der Waals surface area contributed by atoms with Gasteiger partial charge in [0.05, 0.1) is 49.5 Å². The normalized spacial score (nSPS) is 11.2. The lowest BCUT2D eigenvalue weighted by Crippen LogP contribution is -1.97. The number of fused-ring (bicyclic) bond motifs is 3. The van der Waals surface area contributed by atoms with Gasteiger partial charge in [0, 0.05) is 11.1 Å². The molecule has 0 amide bonds. The fourth-order valence-electron chi connectivity index (χ4n) is 4.09. The Kier molecular flexibility index (Phi) is 5.56. The summed E-state index contributed by atoms with van der Waals surface area (Å²) in [5, 5.41) is 0. The zero-order chi connectivity index (χ0) is 22.9. The van der Waals surface area contributed by atoms with Crippen molar-refractivity contribution < 1.29 is 18.9 Å². The molecule has 5 aromatic rings. The molecule has 0 saturated heterocycles. The maximum atomic E-state index is 5.71. The lowest BCUT2D eigenvalue weighted by atomic mass is 10.0. The number of ether oxygens (including phenoxy) is 4. The highest BCUT2D eigenvalue weighted by Crippen LogP contribution is 2.45. The van der Waals surface area contributed by atoms with E-state index in [0.717, 1.165) is 43.4 Å². The van der Waals surface area contributed by atoms with Crippen LogP contribution < -0.4 is 18.9 Å². The van der Waals surface area contributed by atoms with Crippen LogP contribution in [0.1, 0.15) is 6.92 Å². The Morgan fingerprint density at radius 2 is 1.58 bits per heavy atom. The maximum absolute atomic E-state index is 5.71. The monoisotopic (exact) mass is 460 g/mol. The topological polar surface area (TPSA) is 54.2 Å². The largest absolute Gasteiger partial charge is 0.494 e. The molecule has 0 radical (unpaired) electrons. The number of hydrogen-bond donors (Lipinski definition) is 0. The predicted octanol–water partition coefficient (Wildman–Crippen LogP) is 6.31. The SMILES string of the molecule is CCOc1ccc2c(c1)sc1nc(-c3ccccc3)c(-c3cc(OC)c(OC)c(OC)c3)n12. The summed E-state index contributed by atoms with van der Waals surface area (Å²) in [4.78, 5) is 5.96. The van der Waals surface area contributed by atoms with E-state index in [1.54, 1.807) is 32.7 Å². The van der Waals surface area contributed by atoms with E-state index in [-0.39, 0.29) is 0 Å². The van der Waals surface area contributed by atoms with Crippen molar-refractivity contribution in [3.8, 4) is 45.5 Å². The van der Waals surface area contributed by atoms with Crippen molar-refractivity contribution in [1.82, 2.24) is 9.38 Å². The first-order valence-corrected chi connectivity index (χ1v) is 11.4. The zero-order valence-corrected chi connectivity index (χ0v) is 19.7. The second-order valence-electron chi connectivity index (χ2n) is 7.37. The Labute approximate surface area is 195 Å². The summed E-state index contributed by atoms with van der Waals surface area (Å²) in [7, 11) is 4.86. The van der Waals surface area contributed by atoms with Gasteiger partial charge < -0.3 is 18.9 Å². The Balaban J connectivity index is 1.85. The third kappa shape index (κ3) is 3.54. The van der Waals surface area contributed by atoms with E-state index >= 15 is 0 Å². The van der Waals surface area contributed by atoms with Gasteiger partial charge in [-0.05, 0) is 37.3 Å². The molecule has 0 spiro atoms. The van der Waals surface area contributed by atoms with Gasteiger partial charge >= 0.3 is 0 Å². The molecule has 7 heteroatoms. The number of aromatic nitrogens is 2. The second kappa shape index (κ2) is 8.67. The minimum atomic E-state index is 0.558. The van der Waals surface area contributed by atoms with E-state index in [0.29, 0.717) is 23.9 Å². The summed E-state index contributed by atoms with van der Waals surface area (Å²) in [6.07, 6.45) is 0. The number of rotatable bonds is 7. The van der Waals surface area contributed by atoms with Gasteiger partial charge in [-0.3, -0.25) is 4.40 Å². The second-order valence-corrected chi connectivity index (χ2v) is 8.38. The van der Waals surface area contributed by atoms with Crippen LogP contribution in [0.2, 0.25) is 0 Å². The molecule has 0 fully saturated rings. The zero-order valence-electron chi connectivity index (χ0n) is 18.9. The highest BCUT2D eigenvalue weighted by molar-refractivity contribution is 7.23. The fraction of sp³-hybridized carbons (Fsp3) is 0.192. The van der Waals surface area contributed by atoms with E-state index in [4.69, 9.17) is 23.9 Å². The Hall–Kier alpha value is -3.71. The number of nitrogens with zero attached hydrogens (tertiary/aromatic N) is 2. The summed E-state index contributed by atoms with van der Waals surface area (Å²) < 4.78 is 25.8. The molecule has 0 atom stereocenters. The molecule has 5 rings (SSSR count). The molecule has 0 aliphatic carbocycles. The van der Waals surface area contributed by atoms with Crippen molar-refractivity contribution >= 4 is 26.5 Å². The van der Waals surface area contributed by atoms with E-state index in [2.05, 4.69) is 28.7 Å². The van der Waals surface area contributed by atoms with Gasteiger partial charge in [-0.15, -0.1) is 0 Å². The Morgan fingerprint density at radius 1 is 0.848 bits per heavy atom. The first-order chi connectivity index (χ1) is 16.2. The summed E-state index contributed by atoms with van der Waals surface area (Å²) in [5.41, 5.74) is 4.88. The molecule has 2 aromatic heterocycles. The first-order valence-electron chi connectivity index (χ1n) is 10.6. The van der Waals surface area contributed by atoms with Crippen LogP contribution >= 0.6 is 11.3 Å². The van der Waals surface area contributed by atoms with Crippen molar-refractivity contribution in [1.29, 1.82) is 0 Å². The minimum Gasteiger partial charge on any atom is -0.494 e.